The first-order chi connectivity index (χ1) is 18.4. The summed E-state index contributed by atoms with van der Waals surface area (Å²) >= 11 is 0. The van der Waals surface area contributed by atoms with Crippen LogP contribution in [-0.2, 0) is 0 Å². The van der Waals surface area contributed by atoms with Gasteiger partial charge in [0.2, 0.25) is 0 Å². The fourth-order valence-corrected chi connectivity index (χ4v) is 6.18. The monoisotopic (exact) mass is 505 g/mol. The van der Waals surface area contributed by atoms with E-state index in [9.17, 15) is 0 Å². The minimum absolute atomic E-state index is 1.14. The molecule has 0 saturated carbocycles. The van der Waals surface area contributed by atoms with E-state index in [1.165, 1.54) is 54.9 Å². The van der Waals surface area contributed by atoms with Crippen LogP contribution in [0.5, 0.6) is 0 Å². The van der Waals surface area contributed by atoms with Gasteiger partial charge in [-0.05, 0) is 73.5 Å². The molecule has 0 aliphatic rings. The number of rotatable bonds is 5. The maximum atomic E-state index is 4.23. The Morgan fingerprint density at radius 2 is 0.816 bits per heavy atom. The Kier molecular flexibility index (Phi) is 6.27. The Bertz CT molecular complexity index is 1690. The molecule has 0 unspecified atom stereocenters. The molecule has 0 radical (unpaired) electrons. The Morgan fingerprint density at radius 3 is 1.24 bits per heavy atom. The molecular weight excluding hydrogens is 474 g/mol. The maximum Gasteiger partial charge on any atom is 0.0775 e. The number of benzene rings is 5. The molecule has 0 bridgehead atoms. The zero-order chi connectivity index (χ0) is 26.1. The van der Waals surface area contributed by atoms with E-state index in [1.807, 2.05) is 12.3 Å². The van der Waals surface area contributed by atoms with Crippen LogP contribution in [0.2, 0.25) is 19.6 Å². The summed E-state index contributed by atoms with van der Waals surface area (Å²) in [6.45, 7) is 7.17. The Morgan fingerprint density at radius 1 is 0.421 bits per heavy atom. The highest BCUT2D eigenvalue weighted by molar-refractivity contribution is 6.88. The van der Waals surface area contributed by atoms with Gasteiger partial charge in [0.05, 0.1) is 8.07 Å². The summed E-state index contributed by atoms with van der Waals surface area (Å²) < 4.78 is 0. The fraction of sp³-hybridized carbons (Fsp3) is 0.0833. The second-order valence-electron chi connectivity index (χ2n) is 11.0. The topological polar surface area (TPSA) is 12.9 Å². The molecule has 0 aliphatic carbocycles. The van der Waals surface area contributed by atoms with Crippen LogP contribution in [0.3, 0.4) is 0 Å². The Balaban J connectivity index is 1.23. The molecule has 0 spiro atoms. The van der Waals surface area contributed by atoms with Crippen molar-refractivity contribution in [3.63, 3.8) is 0 Å². The summed E-state index contributed by atoms with van der Waals surface area (Å²) in [4.78, 5) is 4.23. The minimum atomic E-state index is -1.27. The first-order valence-electron chi connectivity index (χ1n) is 13.2. The minimum Gasteiger partial charge on any atom is -0.264 e. The van der Waals surface area contributed by atoms with E-state index in [0.717, 1.165) is 5.56 Å². The zero-order valence-electron chi connectivity index (χ0n) is 22.1. The molecule has 1 heterocycles. The molecule has 0 atom stereocenters. The van der Waals surface area contributed by atoms with E-state index in [-0.39, 0.29) is 0 Å². The summed E-state index contributed by atoms with van der Waals surface area (Å²) in [5.41, 5.74) is 9.79. The smallest absolute Gasteiger partial charge is 0.0775 e. The van der Waals surface area contributed by atoms with E-state index in [1.54, 1.807) is 6.20 Å². The van der Waals surface area contributed by atoms with Crippen molar-refractivity contribution < 1.29 is 0 Å². The van der Waals surface area contributed by atoms with E-state index < -0.39 is 8.07 Å². The van der Waals surface area contributed by atoms with Gasteiger partial charge in [0, 0.05) is 12.4 Å². The summed E-state index contributed by atoms with van der Waals surface area (Å²) in [6.07, 6.45) is 3.71. The lowest BCUT2D eigenvalue weighted by molar-refractivity contribution is 1.33. The van der Waals surface area contributed by atoms with Crippen LogP contribution >= 0.6 is 0 Å². The van der Waals surface area contributed by atoms with Gasteiger partial charge in [0.1, 0.15) is 0 Å². The summed E-state index contributed by atoms with van der Waals surface area (Å²) in [6, 6.07) is 44.4. The first kappa shape index (κ1) is 24.1. The Hall–Kier alpha value is -4.27. The molecule has 38 heavy (non-hydrogen) atoms. The van der Waals surface area contributed by atoms with Crippen molar-refractivity contribution in [2.45, 2.75) is 19.6 Å². The molecule has 0 amide bonds. The van der Waals surface area contributed by atoms with Gasteiger partial charge in [0.15, 0.2) is 0 Å². The third-order valence-corrected chi connectivity index (χ3v) is 9.42. The highest BCUT2D eigenvalue weighted by Crippen LogP contribution is 2.31. The molecule has 1 nitrogen and oxygen atoms in total. The molecule has 0 fully saturated rings. The van der Waals surface area contributed by atoms with E-state index in [4.69, 9.17) is 0 Å². The van der Waals surface area contributed by atoms with Gasteiger partial charge in [-0.3, -0.25) is 4.98 Å². The fourth-order valence-electron chi connectivity index (χ4n) is 5.01. The van der Waals surface area contributed by atoms with E-state index >= 15 is 0 Å². The van der Waals surface area contributed by atoms with Crippen LogP contribution in [0.25, 0.3) is 55.3 Å². The number of nitrogens with zero attached hydrogens (tertiary/aromatic N) is 1. The van der Waals surface area contributed by atoms with Crippen molar-refractivity contribution in [1.82, 2.24) is 4.98 Å². The van der Waals surface area contributed by atoms with Gasteiger partial charge < -0.3 is 0 Å². The molecule has 6 rings (SSSR count). The van der Waals surface area contributed by atoms with Crippen molar-refractivity contribution >= 4 is 24.0 Å². The molecule has 6 aromatic rings. The molecule has 5 aromatic carbocycles. The standard InChI is InChI=1S/C36H31NSi/c1-38(2,3)36-20-18-27(19-21-36)26-6-8-28(9-7-26)31-14-16-34-24-32(15-17-33(34)23-31)29-10-12-30(13-11-29)35-5-4-22-37-25-35/h4-25H,1-3H3. The SMILES string of the molecule is C[Si](C)(C)c1ccc(-c2ccc(-c3ccc4cc(-c5ccc(-c6cccnc6)cc5)ccc4c3)cc2)cc1. The van der Waals surface area contributed by atoms with Crippen LogP contribution in [0.1, 0.15) is 0 Å². The normalized spacial score (nSPS) is 11.6. The lowest BCUT2D eigenvalue weighted by Crippen LogP contribution is -2.37. The van der Waals surface area contributed by atoms with Gasteiger partial charge in [0.25, 0.3) is 0 Å². The van der Waals surface area contributed by atoms with E-state index in [0.29, 0.717) is 0 Å². The van der Waals surface area contributed by atoms with Crippen molar-refractivity contribution in [2.75, 3.05) is 0 Å². The van der Waals surface area contributed by atoms with E-state index in [2.05, 4.69) is 140 Å². The van der Waals surface area contributed by atoms with Gasteiger partial charge in [-0.1, -0.05) is 128 Å². The number of pyridine rings is 1. The number of fused-ring (bicyclic) bond motifs is 1. The largest absolute Gasteiger partial charge is 0.264 e. The molecule has 184 valence electrons. The lowest BCUT2D eigenvalue weighted by Gasteiger charge is -2.16. The molecule has 2 heteroatoms. The van der Waals surface area contributed by atoms with Crippen molar-refractivity contribution in [2.24, 2.45) is 0 Å². The molecular formula is C36H31NSi. The van der Waals surface area contributed by atoms with Crippen LogP contribution < -0.4 is 5.19 Å². The highest BCUT2D eigenvalue weighted by atomic mass is 28.3. The average molecular weight is 506 g/mol. The number of hydrogen-bond donors (Lipinski definition) is 0. The third kappa shape index (κ3) is 4.96. The van der Waals surface area contributed by atoms with Gasteiger partial charge in [-0.15, -0.1) is 0 Å². The molecule has 0 aliphatic heterocycles. The third-order valence-electron chi connectivity index (χ3n) is 7.36. The average Bonchev–Trinajstić information content (AvgIpc) is 2.97. The molecule has 0 N–H and O–H groups in total. The number of aromatic nitrogens is 1. The Labute approximate surface area is 226 Å². The van der Waals surface area contributed by atoms with Crippen LogP contribution in [0.4, 0.5) is 0 Å². The van der Waals surface area contributed by atoms with Gasteiger partial charge in [-0.25, -0.2) is 0 Å². The maximum absolute atomic E-state index is 4.23. The van der Waals surface area contributed by atoms with Gasteiger partial charge in [-0.2, -0.15) is 0 Å². The second-order valence-corrected chi connectivity index (χ2v) is 16.1. The van der Waals surface area contributed by atoms with Crippen LogP contribution in [0.15, 0.2) is 134 Å². The second kappa shape index (κ2) is 9.89. The summed E-state index contributed by atoms with van der Waals surface area (Å²) in [5, 5.41) is 4.00. The predicted molar refractivity (Wildman–Crippen MR) is 166 cm³/mol. The summed E-state index contributed by atoms with van der Waals surface area (Å²) in [7, 11) is -1.27. The molecule has 0 saturated heterocycles. The van der Waals surface area contributed by atoms with Crippen molar-refractivity contribution in [3.05, 3.63) is 134 Å². The van der Waals surface area contributed by atoms with Gasteiger partial charge >= 0.3 is 0 Å². The van der Waals surface area contributed by atoms with Crippen molar-refractivity contribution in [1.29, 1.82) is 0 Å². The predicted octanol–water partition coefficient (Wildman–Crippen LogP) is 9.45. The first-order valence-corrected chi connectivity index (χ1v) is 16.7. The van der Waals surface area contributed by atoms with Crippen LogP contribution in [-0.4, -0.2) is 13.1 Å². The van der Waals surface area contributed by atoms with Crippen LogP contribution in [0, 0.1) is 0 Å². The lowest BCUT2D eigenvalue weighted by atomic mass is 9.96. The highest BCUT2D eigenvalue weighted by Gasteiger charge is 2.15. The van der Waals surface area contributed by atoms with Crippen molar-refractivity contribution in [3.8, 4) is 44.5 Å². The zero-order valence-corrected chi connectivity index (χ0v) is 23.1. The quantitative estimate of drug-likeness (QED) is 0.213. The molecule has 1 aromatic heterocycles. The number of hydrogen-bond acceptors (Lipinski definition) is 1. The summed E-state index contributed by atoms with van der Waals surface area (Å²) in [5.74, 6) is 0.